The van der Waals surface area contributed by atoms with Gasteiger partial charge in [-0.05, 0) is 91.1 Å². The number of carbonyl (C=O) groups excluding carboxylic acids is 1. The SMILES string of the molecule is CC(C)Oc1ccc(C(=O)NC(=S)Nc2ccc(I)cc2F)cc1. The summed E-state index contributed by atoms with van der Waals surface area (Å²) >= 11 is 7.06. The monoisotopic (exact) mass is 458 g/mol. The summed E-state index contributed by atoms with van der Waals surface area (Å²) in [6, 6.07) is 11.4. The highest BCUT2D eigenvalue weighted by atomic mass is 127. The maximum atomic E-state index is 13.8. The zero-order valence-corrected chi connectivity index (χ0v) is 16.1. The highest BCUT2D eigenvalue weighted by molar-refractivity contribution is 14.1. The van der Waals surface area contributed by atoms with E-state index in [4.69, 9.17) is 17.0 Å². The minimum absolute atomic E-state index is 0.0302. The molecule has 0 saturated carbocycles. The first-order chi connectivity index (χ1) is 11.3. The summed E-state index contributed by atoms with van der Waals surface area (Å²) in [7, 11) is 0. The fourth-order valence-corrected chi connectivity index (χ4v) is 2.53. The van der Waals surface area contributed by atoms with Crippen LogP contribution in [0, 0.1) is 9.39 Å². The molecule has 0 heterocycles. The van der Waals surface area contributed by atoms with Crippen molar-refractivity contribution in [3.8, 4) is 5.75 Å². The van der Waals surface area contributed by atoms with Gasteiger partial charge in [0.1, 0.15) is 11.6 Å². The third kappa shape index (κ3) is 5.41. The van der Waals surface area contributed by atoms with Crippen molar-refractivity contribution in [3.05, 3.63) is 57.4 Å². The number of ether oxygens (including phenoxy) is 1. The number of hydrogen-bond donors (Lipinski definition) is 2. The summed E-state index contributed by atoms with van der Waals surface area (Å²) in [6.45, 7) is 3.85. The molecular formula is C17H16FIN2O2S. The molecule has 0 atom stereocenters. The van der Waals surface area contributed by atoms with E-state index in [0.29, 0.717) is 11.3 Å². The van der Waals surface area contributed by atoms with Crippen LogP contribution in [0.2, 0.25) is 0 Å². The molecule has 4 nitrogen and oxygen atoms in total. The van der Waals surface area contributed by atoms with Crippen LogP contribution < -0.4 is 15.4 Å². The molecule has 0 bridgehead atoms. The van der Waals surface area contributed by atoms with Crippen molar-refractivity contribution >= 4 is 51.5 Å². The summed E-state index contributed by atoms with van der Waals surface area (Å²) in [5, 5.41) is 5.22. The molecular weight excluding hydrogens is 442 g/mol. The molecule has 0 aliphatic heterocycles. The lowest BCUT2D eigenvalue weighted by atomic mass is 10.2. The summed E-state index contributed by atoms with van der Waals surface area (Å²) in [5.41, 5.74) is 0.639. The third-order valence-corrected chi connectivity index (χ3v) is 3.77. The number of nitrogens with one attached hydrogen (secondary N) is 2. The summed E-state index contributed by atoms with van der Waals surface area (Å²) in [6.07, 6.45) is 0.0604. The molecule has 2 aromatic rings. The fraction of sp³-hybridized carbons (Fsp3) is 0.176. The van der Waals surface area contributed by atoms with Gasteiger partial charge in [-0.3, -0.25) is 10.1 Å². The molecule has 24 heavy (non-hydrogen) atoms. The number of carbonyl (C=O) groups is 1. The standard InChI is InChI=1S/C17H16FIN2O2S/c1-10(2)23-13-6-3-11(4-7-13)16(22)21-17(24)20-15-8-5-12(19)9-14(15)18/h3-10H,1-2H3,(H2,20,21,22,24). The van der Waals surface area contributed by atoms with Crippen molar-refractivity contribution in [2.24, 2.45) is 0 Å². The maximum absolute atomic E-state index is 13.8. The minimum atomic E-state index is -0.436. The van der Waals surface area contributed by atoms with Crippen molar-refractivity contribution in [3.63, 3.8) is 0 Å². The molecule has 1 amide bonds. The second-order valence-corrected chi connectivity index (χ2v) is 6.88. The lowest BCUT2D eigenvalue weighted by Crippen LogP contribution is -2.34. The van der Waals surface area contributed by atoms with Crippen LogP contribution in [0.15, 0.2) is 42.5 Å². The van der Waals surface area contributed by atoms with Gasteiger partial charge in [0.2, 0.25) is 0 Å². The highest BCUT2D eigenvalue weighted by Crippen LogP contribution is 2.17. The third-order valence-electron chi connectivity index (χ3n) is 2.89. The van der Waals surface area contributed by atoms with E-state index in [0.717, 1.165) is 3.57 Å². The average Bonchev–Trinajstić information content (AvgIpc) is 2.50. The van der Waals surface area contributed by atoms with Crippen LogP contribution in [0.25, 0.3) is 0 Å². The zero-order chi connectivity index (χ0) is 17.7. The first-order valence-electron chi connectivity index (χ1n) is 7.19. The van der Waals surface area contributed by atoms with Crippen molar-refractivity contribution in [1.82, 2.24) is 5.32 Å². The summed E-state index contributed by atoms with van der Waals surface area (Å²) in [4.78, 5) is 12.1. The zero-order valence-electron chi connectivity index (χ0n) is 13.1. The number of hydrogen-bond acceptors (Lipinski definition) is 3. The number of rotatable bonds is 4. The van der Waals surface area contributed by atoms with Gasteiger partial charge < -0.3 is 10.1 Å². The van der Waals surface area contributed by atoms with Crippen molar-refractivity contribution in [1.29, 1.82) is 0 Å². The number of halogens is 2. The fourth-order valence-electron chi connectivity index (χ4n) is 1.88. The molecule has 0 aromatic heterocycles. The predicted molar refractivity (Wildman–Crippen MR) is 105 cm³/mol. The van der Waals surface area contributed by atoms with Gasteiger partial charge in [0, 0.05) is 9.13 Å². The molecule has 0 saturated heterocycles. The molecule has 2 aromatic carbocycles. The van der Waals surface area contributed by atoms with E-state index in [2.05, 4.69) is 10.6 Å². The van der Waals surface area contributed by atoms with Gasteiger partial charge >= 0.3 is 0 Å². The summed E-state index contributed by atoms with van der Waals surface area (Å²) < 4.78 is 20.1. The second kappa shape index (κ2) is 8.39. The normalized spacial score (nSPS) is 10.4. The van der Waals surface area contributed by atoms with Crippen LogP contribution in [0.5, 0.6) is 5.75 Å². The quantitative estimate of drug-likeness (QED) is 0.529. The van der Waals surface area contributed by atoms with Gasteiger partial charge in [-0.2, -0.15) is 0 Å². The lowest BCUT2D eigenvalue weighted by Gasteiger charge is -2.12. The van der Waals surface area contributed by atoms with Crippen molar-refractivity contribution in [2.75, 3.05) is 5.32 Å². The Bertz CT molecular complexity index is 751. The Morgan fingerprint density at radius 3 is 2.46 bits per heavy atom. The van der Waals surface area contributed by atoms with Crippen LogP contribution in [0.3, 0.4) is 0 Å². The number of benzene rings is 2. The van der Waals surface area contributed by atoms with E-state index in [-0.39, 0.29) is 22.8 Å². The number of anilines is 1. The Hall–Kier alpha value is -1.74. The molecule has 0 unspecified atom stereocenters. The predicted octanol–water partition coefficient (Wildman–Crippen LogP) is 4.34. The van der Waals surface area contributed by atoms with Gasteiger partial charge in [0.25, 0.3) is 5.91 Å². The maximum Gasteiger partial charge on any atom is 0.257 e. The van der Waals surface area contributed by atoms with Gasteiger partial charge in [0.05, 0.1) is 11.8 Å². The second-order valence-electron chi connectivity index (χ2n) is 5.22. The topological polar surface area (TPSA) is 50.4 Å². The Morgan fingerprint density at radius 1 is 1.21 bits per heavy atom. The molecule has 2 N–H and O–H groups in total. The van der Waals surface area contributed by atoms with E-state index in [1.807, 2.05) is 36.4 Å². The molecule has 2 rings (SSSR count). The van der Waals surface area contributed by atoms with Crippen molar-refractivity contribution < 1.29 is 13.9 Å². The van der Waals surface area contributed by atoms with Crippen LogP contribution >= 0.6 is 34.8 Å². The van der Waals surface area contributed by atoms with E-state index < -0.39 is 5.82 Å². The van der Waals surface area contributed by atoms with E-state index in [1.165, 1.54) is 6.07 Å². The largest absolute Gasteiger partial charge is 0.491 e. The van der Waals surface area contributed by atoms with Crippen LogP contribution in [0.1, 0.15) is 24.2 Å². The first-order valence-corrected chi connectivity index (χ1v) is 8.68. The summed E-state index contributed by atoms with van der Waals surface area (Å²) in [5.74, 6) is -0.133. The molecule has 0 radical (unpaired) electrons. The van der Waals surface area contributed by atoms with E-state index in [9.17, 15) is 9.18 Å². The number of amides is 1. The molecule has 0 aliphatic rings. The molecule has 126 valence electrons. The van der Waals surface area contributed by atoms with Crippen LogP contribution in [0.4, 0.5) is 10.1 Å². The van der Waals surface area contributed by atoms with Crippen molar-refractivity contribution in [2.45, 2.75) is 20.0 Å². The Balaban J connectivity index is 1.97. The lowest BCUT2D eigenvalue weighted by molar-refractivity contribution is 0.0977. The van der Waals surface area contributed by atoms with Gasteiger partial charge in [-0.25, -0.2) is 4.39 Å². The minimum Gasteiger partial charge on any atom is -0.491 e. The molecule has 0 fully saturated rings. The average molecular weight is 458 g/mol. The molecule has 0 spiro atoms. The first kappa shape index (κ1) is 18.6. The Labute approximate surface area is 158 Å². The van der Waals surface area contributed by atoms with Gasteiger partial charge in [-0.15, -0.1) is 0 Å². The molecule has 0 aliphatic carbocycles. The smallest absolute Gasteiger partial charge is 0.257 e. The highest BCUT2D eigenvalue weighted by Gasteiger charge is 2.10. The van der Waals surface area contributed by atoms with Crippen LogP contribution in [-0.4, -0.2) is 17.1 Å². The number of thiocarbonyl (C=S) groups is 1. The Morgan fingerprint density at radius 2 is 1.88 bits per heavy atom. The van der Waals surface area contributed by atoms with Gasteiger partial charge in [0.15, 0.2) is 5.11 Å². The van der Waals surface area contributed by atoms with E-state index in [1.54, 1.807) is 36.4 Å². The van der Waals surface area contributed by atoms with E-state index >= 15 is 0 Å². The Kier molecular flexibility index (Phi) is 6.50. The van der Waals surface area contributed by atoms with Gasteiger partial charge in [-0.1, -0.05) is 0 Å². The molecule has 7 heteroatoms. The van der Waals surface area contributed by atoms with Crippen LogP contribution in [-0.2, 0) is 0 Å².